The topological polar surface area (TPSA) is 36.9 Å². The molecule has 0 unspecified atom stereocenters. The Balaban J connectivity index is 2.91. The second-order valence-electron chi connectivity index (χ2n) is 5.35. The van der Waals surface area contributed by atoms with Gasteiger partial charge in [0.25, 0.3) is 0 Å². The molecule has 0 aliphatic carbocycles. The third-order valence-corrected chi connectivity index (χ3v) is 4.28. The van der Waals surface area contributed by atoms with Crippen LogP contribution in [-0.2, 0) is 18.6 Å². The number of hydrogen-bond acceptors (Lipinski definition) is 4. The van der Waals surface area contributed by atoms with Crippen molar-refractivity contribution in [2.24, 2.45) is 0 Å². The molecule has 0 heterocycles. The van der Waals surface area contributed by atoms with Crippen LogP contribution >= 0.6 is 0 Å². The van der Waals surface area contributed by atoms with Gasteiger partial charge in [-0.25, -0.2) is 0 Å². The molecule has 22 heavy (non-hydrogen) atoms. The predicted octanol–water partition coefficient (Wildman–Crippen LogP) is 3.86. The van der Waals surface area contributed by atoms with Crippen molar-refractivity contribution in [3.8, 4) is 0 Å². The fourth-order valence-electron chi connectivity index (χ4n) is 1.87. The lowest BCUT2D eigenvalue weighted by atomic mass is 10.1. The van der Waals surface area contributed by atoms with Crippen LogP contribution < -0.4 is 0 Å². The molecule has 0 N–H and O–H groups in total. The van der Waals surface area contributed by atoms with Gasteiger partial charge in [0.05, 0.1) is 39.6 Å². The van der Waals surface area contributed by atoms with Crippen LogP contribution in [0.25, 0.3) is 0 Å². The molecule has 132 valence electrons. The van der Waals surface area contributed by atoms with Crippen LogP contribution in [0, 0.1) is 0 Å². The first-order valence-corrected chi connectivity index (χ1v) is 10.1. The second-order valence-corrected chi connectivity index (χ2v) is 6.43. The van der Waals surface area contributed by atoms with Crippen LogP contribution in [0.15, 0.2) is 0 Å². The van der Waals surface area contributed by atoms with Gasteiger partial charge in [-0.15, -0.1) is 0 Å². The molecular formula is C17H36O4Si. The Morgan fingerprint density at radius 1 is 0.545 bits per heavy atom. The summed E-state index contributed by atoms with van der Waals surface area (Å²) in [4.78, 5) is 0. The molecule has 0 atom stereocenters. The number of hydrogen-bond donors (Lipinski definition) is 0. The van der Waals surface area contributed by atoms with Crippen LogP contribution in [0.3, 0.4) is 0 Å². The fraction of sp³-hybridized carbons (Fsp3) is 1.00. The van der Waals surface area contributed by atoms with Crippen LogP contribution in [0.5, 0.6) is 0 Å². The molecule has 0 bridgehead atoms. The molecule has 0 saturated carbocycles. The van der Waals surface area contributed by atoms with Crippen molar-refractivity contribution < 1.29 is 18.6 Å². The van der Waals surface area contributed by atoms with Gasteiger partial charge < -0.3 is 18.6 Å². The molecular weight excluding hydrogens is 296 g/mol. The average molecular weight is 333 g/mol. The molecule has 0 aromatic carbocycles. The quantitative estimate of drug-likeness (QED) is 0.266. The van der Waals surface area contributed by atoms with E-state index in [2.05, 4.69) is 13.8 Å². The van der Waals surface area contributed by atoms with E-state index in [9.17, 15) is 0 Å². The summed E-state index contributed by atoms with van der Waals surface area (Å²) in [7, 11) is 0.615. The van der Waals surface area contributed by atoms with Crippen molar-refractivity contribution >= 4 is 9.76 Å². The lowest BCUT2D eigenvalue weighted by Crippen LogP contribution is -2.12. The van der Waals surface area contributed by atoms with Crippen LogP contribution in [0.4, 0.5) is 0 Å². The van der Waals surface area contributed by atoms with Gasteiger partial charge in [-0.3, -0.25) is 0 Å². The molecule has 0 aliphatic rings. The minimum Gasteiger partial charge on any atom is -0.415 e. The van der Waals surface area contributed by atoms with E-state index in [0.717, 1.165) is 12.7 Å². The van der Waals surface area contributed by atoms with Crippen molar-refractivity contribution in [1.29, 1.82) is 0 Å². The third-order valence-electron chi connectivity index (χ3n) is 3.17. The minimum atomic E-state index is 0.615. The van der Waals surface area contributed by atoms with E-state index in [0.29, 0.717) is 49.4 Å². The van der Waals surface area contributed by atoms with Crippen molar-refractivity contribution in [2.45, 2.75) is 64.8 Å². The first-order chi connectivity index (χ1) is 10.9. The SMILES string of the molecule is CCCCCCCCOCCOCCOCCO[Si]CCC. The zero-order chi connectivity index (χ0) is 16.1. The maximum atomic E-state index is 5.54. The average Bonchev–Trinajstić information content (AvgIpc) is 2.54. The zero-order valence-electron chi connectivity index (χ0n) is 14.7. The number of rotatable bonds is 19. The fourth-order valence-corrected chi connectivity index (χ4v) is 2.45. The van der Waals surface area contributed by atoms with Crippen molar-refractivity contribution in [3.05, 3.63) is 0 Å². The summed E-state index contributed by atoms with van der Waals surface area (Å²) in [5.74, 6) is 0. The van der Waals surface area contributed by atoms with E-state index >= 15 is 0 Å². The molecule has 0 rings (SSSR count). The third kappa shape index (κ3) is 20.1. The van der Waals surface area contributed by atoms with Gasteiger partial charge in [-0.05, 0) is 12.5 Å². The van der Waals surface area contributed by atoms with E-state index < -0.39 is 0 Å². The Kier molecular flexibility index (Phi) is 21.1. The van der Waals surface area contributed by atoms with Crippen LogP contribution in [0.1, 0.15) is 58.8 Å². The highest BCUT2D eigenvalue weighted by Gasteiger charge is 1.94. The lowest BCUT2D eigenvalue weighted by Gasteiger charge is -2.07. The first kappa shape index (κ1) is 22.1. The number of ether oxygens (including phenoxy) is 3. The summed E-state index contributed by atoms with van der Waals surface area (Å²) < 4.78 is 21.8. The molecule has 2 radical (unpaired) electrons. The van der Waals surface area contributed by atoms with Gasteiger partial charge in [0.15, 0.2) is 0 Å². The summed E-state index contributed by atoms with van der Waals surface area (Å²) in [6.45, 7) is 9.26. The maximum Gasteiger partial charge on any atom is 0.229 e. The normalized spacial score (nSPS) is 11.2. The van der Waals surface area contributed by atoms with Gasteiger partial charge in [0.1, 0.15) is 0 Å². The monoisotopic (exact) mass is 332 g/mol. The molecule has 0 spiro atoms. The highest BCUT2D eigenvalue weighted by atomic mass is 28.2. The molecule has 0 fully saturated rings. The van der Waals surface area contributed by atoms with E-state index in [1.54, 1.807) is 0 Å². The van der Waals surface area contributed by atoms with Gasteiger partial charge in [-0.1, -0.05) is 52.4 Å². The highest BCUT2D eigenvalue weighted by Crippen LogP contribution is 2.04. The summed E-state index contributed by atoms with van der Waals surface area (Å²) in [6, 6.07) is 1.15. The molecule has 4 nitrogen and oxygen atoms in total. The Morgan fingerprint density at radius 2 is 1.09 bits per heavy atom. The Hall–Kier alpha value is 0.0569. The number of unbranched alkanes of at least 4 members (excludes halogenated alkanes) is 5. The van der Waals surface area contributed by atoms with E-state index in [1.165, 1.54) is 44.9 Å². The van der Waals surface area contributed by atoms with Gasteiger partial charge in [-0.2, -0.15) is 0 Å². The maximum absolute atomic E-state index is 5.54. The van der Waals surface area contributed by atoms with Crippen molar-refractivity contribution in [3.63, 3.8) is 0 Å². The van der Waals surface area contributed by atoms with Crippen molar-refractivity contribution in [1.82, 2.24) is 0 Å². The molecule has 5 heteroatoms. The Bertz CT molecular complexity index is 173. The second kappa shape index (κ2) is 21.1. The minimum absolute atomic E-state index is 0.615. The Morgan fingerprint density at radius 3 is 1.73 bits per heavy atom. The molecule has 0 aromatic heterocycles. The van der Waals surface area contributed by atoms with Gasteiger partial charge in [0.2, 0.25) is 9.76 Å². The Labute approximate surface area is 140 Å². The lowest BCUT2D eigenvalue weighted by molar-refractivity contribution is 0.00891. The van der Waals surface area contributed by atoms with Crippen molar-refractivity contribution in [2.75, 3.05) is 46.2 Å². The van der Waals surface area contributed by atoms with Gasteiger partial charge >= 0.3 is 0 Å². The summed E-state index contributed by atoms with van der Waals surface area (Å²) in [5, 5.41) is 0. The predicted molar refractivity (Wildman–Crippen MR) is 92.6 cm³/mol. The largest absolute Gasteiger partial charge is 0.415 e. The van der Waals surface area contributed by atoms with Gasteiger partial charge in [0, 0.05) is 6.61 Å². The molecule has 0 amide bonds. The zero-order valence-corrected chi connectivity index (χ0v) is 15.7. The summed E-state index contributed by atoms with van der Waals surface area (Å²) >= 11 is 0. The van der Waals surface area contributed by atoms with Crippen LogP contribution in [-0.4, -0.2) is 56.0 Å². The molecule has 0 aliphatic heterocycles. The summed E-state index contributed by atoms with van der Waals surface area (Å²) in [6.07, 6.45) is 9.03. The summed E-state index contributed by atoms with van der Waals surface area (Å²) in [5.41, 5.74) is 0. The van der Waals surface area contributed by atoms with E-state index in [4.69, 9.17) is 18.6 Å². The smallest absolute Gasteiger partial charge is 0.229 e. The molecule has 0 aromatic rings. The highest BCUT2D eigenvalue weighted by molar-refractivity contribution is 6.26. The van der Waals surface area contributed by atoms with Crippen LogP contribution in [0.2, 0.25) is 6.04 Å². The van der Waals surface area contributed by atoms with E-state index in [-0.39, 0.29) is 0 Å². The van der Waals surface area contributed by atoms with E-state index in [1.807, 2.05) is 0 Å². The molecule has 0 saturated heterocycles. The first-order valence-electron chi connectivity index (χ1n) is 8.99. The standard InChI is InChI=1S/C17H36O4Si/c1-3-5-6-7-8-9-10-18-11-12-19-13-14-20-15-16-21-22-17-4-2/h3-17H2,1-2H3.